The van der Waals surface area contributed by atoms with Crippen molar-refractivity contribution in [2.45, 2.75) is 0 Å². The third-order valence-electron chi connectivity index (χ3n) is 3.39. The number of hydrogen-bond acceptors (Lipinski definition) is 3. The zero-order valence-electron chi connectivity index (χ0n) is 11.1. The van der Waals surface area contributed by atoms with Crippen molar-refractivity contribution in [3.05, 3.63) is 73.2 Å². The Labute approximate surface area is 136 Å². The minimum Gasteiger partial charge on any atom is -0.267 e. The van der Waals surface area contributed by atoms with Crippen LogP contribution in [0.5, 0.6) is 0 Å². The Balaban J connectivity index is 1.99. The number of thiazole rings is 1. The van der Waals surface area contributed by atoms with Gasteiger partial charge >= 0.3 is 0 Å². The van der Waals surface area contributed by atoms with Gasteiger partial charge in [-0.1, -0.05) is 29.5 Å². The third kappa shape index (κ3) is 2.07. The summed E-state index contributed by atoms with van der Waals surface area (Å²) in [4.78, 5) is 17.7. The number of imidazole rings is 1. The van der Waals surface area contributed by atoms with Crippen molar-refractivity contribution in [1.29, 1.82) is 0 Å². The molecule has 0 N–H and O–H groups in total. The molecular formula is C16H8BrFN2OS. The molecule has 4 rings (SSSR count). The first-order chi connectivity index (χ1) is 10.6. The van der Waals surface area contributed by atoms with E-state index in [-0.39, 0.29) is 11.4 Å². The van der Waals surface area contributed by atoms with E-state index in [9.17, 15) is 9.18 Å². The number of halogens is 2. The number of rotatable bonds is 1. The highest BCUT2D eigenvalue weighted by molar-refractivity contribution is 9.10. The molecule has 0 atom stereocenters. The molecule has 0 bridgehead atoms. The molecule has 0 amide bonds. The molecule has 22 heavy (non-hydrogen) atoms. The van der Waals surface area contributed by atoms with E-state index in [0.29, 0.717) is 14.0 Å². The Kier molecular flexibility index (Phi) is 3.09. The lowest BCUT2D eigenvalue weighted by molar-refractivity contribution is 0.621. The molecular weight excluding hydrogens is 367 g/mol. The van der Waals surface area contributed by atoms with Crippen LogP contribution in [0.4, 0.5) is 4.39 Å². The van der Waals surface area contributed by atoms with Crippen molar-refractivity contribution >= 4 is 49.3 Å². The quantitative estimate of drug-likeness (QED) is 0.511. The topological polar surface area (TPSA) is 34.4 Å². The normalized spacial score (nSPS) is 12.5. The molecule has 0 saturated heterocycles. The van der Waals surface area contributed by atoms with Gasteiger partial charge in [-0.2, -0.15) is 0 Å². The summed E-state index contributed by atoms with van der Waals surface area (Å²) in [7, 11) is 0. The molecule has 2 aromatic heterocycles. The standard InChI is InChI=1S/C16H8BrFN2OS/c17-10-7-9(5-6-11(10)18)8-14-15(21)20-13-4-2-1-3-12(13)19-16(20)22-14/h1-8H. The first-order valence-electron chi connectivity index (χ1n) is 6.50. The van der Waals surface area contributed by atoms with Crippen LogP contribution in [0, 0.1) is 5.82 Å². The predicted molar refractivity (Wildman–Crippen MR) is 89.7 cm³/mol. The molecule has 0 aliphatic carbocycles. The van der Waals surface area contributed by atoms with Gasteiger partial charge in [0.1, 0.15) is 5.82 Å². The van der Waals surface area contributed by atoms with Gasteiger partial charge in [-0.25, -0.2) is 13.8 Å². The van der Waals surface area contributed by atoms with Crippen molar-refractivity contribution in [2.75, 3.05) is 0 Å². The summed E-state index contributed by atoms with van der Waals surface area (Å²) < 4.78 is 15.8. The molecule has 108 valence electrons. The average molecular weight is 375 g/mol. The van der Waals surface area contributed by atoms with Gasteiger partial charge < -0.3 is 0 Å². The maximum absolute atomic E-state index is 13.3. The van der Waals surface area contributed by atoms with Gasteiger partial charge in [-0.3, -0.25) is 4.79 Å². The van der Waals surface area contributed by atoms with E-state index in [1.54, 1.807) is 22.6 Å². The number of nitrogens with zero attached hydrogens (tertiary/aromatic N) is 2. The monoisotopic (exact) mass is 374 g/mol. The first kappa shape index (κ1) is 13.6. The second kappa shape index (κ2) is 5.00. The smallest absolute Gasteiger partial charge is 0.267 e. The fourth-order valence-electron chi connectivity index (χ4n) is 2.37. The zero-order chi connectivity index (χ0) is 15.3. The van der Waals surface area contributed by atoms with Gasteiger partial charge in [0.15, 0.2) is 4.96 Å². The molecule has 0 saturated carbocycles. The van der Waals surface area contributed by atoms with E-state index in [2.05, 4.69) is 20.9 Å². The van der Waals surface area contributed by atoms with Crippen LogP contribution in [-0.4, -0.2) is 9.38 Å². The molecule has 2 aromatic carbocycles. The summed E-state index contributed by atoms with van der Waals surface area (Å²) in [6.45, 7) is 0. The van der Waals surface area contributed by atoms with E-state index in [1.165, 1.54) is 17.4 Å². The van der Waals surface area contributed by atoms with Crippen LogP contribution >= 0.6 is 27.3 Å². The number of aromatic nitrogens is 2. The van der Waals surface area contributed by atoms with Gasteiger partial charge in [0, 0.05) is 0 Å². The van der Waals surface area contributed by atoms with Crippen molar-refractivity contribution < 1.29 is 4.39 Å². The maximum atomic E-state index is 13.3. The molecule has 0 spiro atoms. The molecule has 6 heteroatoms. The molecule has 0 radical (unpaired) electrons. The van der Waals surface area contributed by atoms with E-state index in [1.807, 2.05) is 24.3 Å². The Hall–Kier alpha value is -2.05. The summed E-state index contributed by atoms with van der Waals surface area (Å²) in [5, 5.41) is 0. The lowest BCUT2D eigenvalue weighted by Crippen LogP contribution is -2.22. The highest BCUT2D eigenvalue weighted by Gasteiger charge is 2.10. The van der Waals surface area contributed by atoms with Crippen LogP contribution in [0.15, 0.2) is 51.7 Å². The van der Waals surface area contributed by atoms with Crippen molar-refractivity contribution in [1.82, 2.24) is 9.38 Å². The second-order valence-corrected chi connectivity index (χ2v) is 6.67. The molecule has 2 heterocycles. The van der Waals surface area contributed by atoms with Crippen molar-refractivity contribution in [3.8, 4) is 0 Å². The lowest BCUT2D eigenvalue weighted by atomic mass is 10.2. The minimum atomic E-state index is -0.327. The van der Waals surface area contributed by atoms with E-state index < -0.39 is 0 Å². The molecule has 0 aliphatic heterocycles. The molecule has 3 nitrogen and oxygen atoms in total. The number of fused-ring (bicyclic) bond motifs is 3. The number of hydrogen-bond donors (Lipinski definition) is 0. The van der Waals surface area contributed by atoms with Crippen LogP contribution in [0.3, 0.4) is 0 Å². The minimum absolute atomic E-state index is 0.103. The van der Waals surface area contributed by atoms with Crippen LogP contribution in [0.1, 0.15) is 5.56 Å². The highest BCUT2D eigenvalue weighted by atomic mass is 79.9. The van der Waals surface area contributed by atoms with Crippen LogP contribution in [0.2, 0.25) is 0 Å². The fraction of sp³-hybridized carbons (Fsp3) is 0. The number of benzene rings is 2. The Bertz CT molecular complexity index is 1130. The fourth-order valence-corrected chi connectivity index (χ4v) is 3.75. The third-order valence-corrected chi connectivity index (χ3v) is 4.96. The Morgan fingerprint density at radius 3 is 2.86 bits per heavy atom. The zero-order valence-corrected chi connectivity index (χ0v) is 13.5. The van der Waals surface area contributed by atoms with Crippen molar-refractivity contribution in [3.63, 3.8) is 0 Å². The lowest BCUT2D eigenvalue weighted by Gasteiger charge is -1.95. The molecule has 4 aromatic rings. The van der Waals surface area contributed by atoms with Gasteiger partial charge in [-0.05, 0) is 51.8 Å². The van der Waals surface area contributed by atoms with E-state index in [4.69, 9.17) is 0 Å². The van der Waals surface area contributed by atoms with E-state index in [0.717, 1.165) is 16.6 Å². The molecule has 0 aliphatic rings. The van der Waals surface area contributed by atoms with E-state index >= 15 is 0 Å². The summed E-state index contributed by atoms with van der Waals surface area (Å²) in [5.74, 6) is -0.327. The van der Waals surface area contributed by atoms with Crippen LogP contribution in [0.25, 0.3) is 22.1 Å². The first-order valence-corrected chi connectivity index (χ1v) is 8.11. The van der Waals surface area contributed by atoms with Gasteiger partial charge in [0.25, 0.3) is 5.56 Å². The Morgan fingerprint density at radius 2 is 2.05 bits per heavy atom. The number of para-hydroxylation sites is 2. The summed E-state index contributed by atoms with van der Waals surface area (Å²) in [5.41, 5.74) is 2.27. The molecule has 0 unspecified atom stereocenters. The largest absolute Gasteiger partial charge is 0.274 e. The van der Waals surface area contributed by atoms with Gasteiger partial charge in [0.05, 0.1) is 20.0 Å². The summed E-state index contributed by atoms with van der Waals surface area (Å²) >= 11 is 4.48. The van der Waals surface area contributed by atoms with Crippen molar-refractivity contribution in [2.24, 2.45) is 0 Å². The summed E-state index contributed by atoms with van der Waals surface area (Å²) in [6.07, 6.45) is 1.75. The maximum Gasteiger partial charge on any atom is 0.274 e. The molecule has 0 fully saturated rings. The Morgan fingerprint density at radius 1 is 1.23 bits per heavy atom. The SMILES string of the molecule is O=c1c(=Cc2ccc(F)c(Br)c2)sc2nc3ccccc3n12. The predicted octanol–water partition coefficient (Wildman–Crippen LogP) is 3.36. The van der Waals surface area contributed by atoms with Gasteiger partial charge in [0.2, 0.25) is 0 Å². The van der Waals surface area contributed by atoms with Gasteiger partial charge in [-0.15, -0.1) is 0 Å². The highest BCUT2D eigenvalue weighted by Crippen LogP contribution is 2.18. The average Bonchev–Trinajstić information content (AvgIpc) is 3.00. The van der Waals surface area contributed by atoms with Crippen LogP contribution < -0.4 is 10.1 Å². The summed E-state index contributed by atoms with van der Waals surface area (Å²) in [6, 6.07) is 12.2. The second-order valence-electron chi connectivity index (χ2n) is 4.81. The van der Waals surface area contributed by atoms with Crippen LogP contribution in [-0.2, 0) is 0 Å².